The lowest BCUT2D eigenvalue weighted by Crippen LogP contribution is -2.32. The van der Waals surface area contributed by atoms with Gasteiger partial charge in [-0.2, -0.15) is 0 Å². The molecule has 3 aliphatic heterocycles. The molecule has 0 saturated carbocycles. The van der Waals surface area contributed by atoms with Crippen molar-refractivity contribution in [3.05, 3.63) is 41.6 Å². The first-order valence-electron chi connectivity index (χ1n) is 9.39. The van der Waals surface area contributed by atoms with Gasteiger partial charge in [0.05, 0.1) is 5.69 Å². The number of hydrogen-bond acceptors (Lipinski definition) is 4. The van der Waals surface area contributed by atoms with Gasteiger partial charge in [0.2, 0.25) is 0 Å². The first-order valence-corrected chi connectivity index (χ1v) is 9.39. The van der Waals surface area contributed by atoms with E-state index in [0.29, 0.717) is 5.92 Å². The second-order valence-electron chi connectivity index (χ2n) is 7.41. The zero-order chi connectivity index (χ0) is 16.4. The maximum Gasteiger partial charge on any atom is 0.0573 e. The van der Waals surface area contributed by atoms with Crippen LogP contribution < -0.4 is 5.01 Å². The number of benzene rings is 1. The van der Waals surface area contributed by atoms with Crippen molar-refractivity contribution in [2.45, 2.75) is 31.6 Å². The van der Waals surface area contributed by atoms with Crippen LogP contribution in [0.1, 0.15) is 37.2 Å². The highest BCUT2D eigenvalue weighted by Gasteiger charge is 2.23. The van der Waals surface area contributed by atoms with Gasteiger partial charge in [-0.05, 0) is 68.0 Å². The van der Waals surface area contributed by atoms with Crippen LogP contribution in [0.3, 0.4) is 0 Å². The van der Waals surface area contributed by atoms with Gasteiger partial charge in [0.25, 0.3) is 0 Å². The van der Waals surface area contributed by atoms with Crippen LogP contribution in [0.15, 0.2) is 36.0 Å². The SMILES string of the molecule is CN1CC(CN2CCCC2)=CN1c1ccc(C2CCOCC2)cc1. The fourth-order valence-corrected chi connectivity index (χ4v) is 4.20. The second kappa shape index (κ2) is 7.26. The first-order chi connectivity index (χ1) is 11.8. The van der Waals surface area contributed by atoms with Gasteiger partial charge in [-0.3, -0.25) is 9.91 Å². The van der Waals surface area contributed by atoms with Crippen LogP contribution in [0.25, 0.3) is 0 Å². The van der Waals surface area contributed by atoms with Crippen LogP contribution in [0, 0.1) is 0 Å². The van der Waals surface area contributed by atoms with Gasteiger partial charge >= 0.3 is 0 Å². The largest absolute Gasteiger partial charge is 0.381 e. The molecule has 130 valence electrons. The van der Waals surface area contributed by atoms with Crippen molar-refractivity contribution < 1.29 is 4.74 Å². The molecule has 0 aromatic heterocycles. The standard InChI is InChI=1S/C20H29N3O/c1-21-14-17(15-22-10-2-3-11-22)16-23(21)20-6-4-18(5-7-20)19-8-12-24-13-9-19/h4-7,16,19H,2-3,8-15H2,1H3. The number of anilines is 1. The number of hydrogen-bond donors (Lipinski definition) is 0. The third-order valence-corrected chi connectivity index (χ3v) is 5.58. The van der Waals surface area contributed by atoms with E-state index >= 15 is 0 Å². The number of nitrogens with zero attached hydrogens (tertiary/aromatic N) is 3. The summed E-state index contributed by atoms with van der Waals surface area (Å²) in [7, 11) is 2.18. The van der Waals surface area contributed by atoms with E-state index in [0.717, 1.165) is 39.1 Å². The molecule has 0 amide bonds. The molecular weight excluding hydrogens is 298 g/mol. The molecule has 2 fully saturated rings. The quantitative estimate of drug-likeness (QED) is 0.845. The van der Waals surface area contributed by atoms with E-state index in [2.05, 4.69) is 52.4 Å². The van der Waals surface area contributed by atoms with E-state index in [1.165, 1.54) is 42.8 Å². The van der Waals surface area contributed by atoms with Crippen molar-refractivity contribution in [3.63, 3.8) is 0 Å². The maximum atomic E-state index is 5.48. The lowest BCUT2D eigenvalue weighted by atomic mass is 9.92. The number of ether oxygens (including phenoxy) is 1. The van der Waals surface area contributed by atoms with E-state index in [9.17, 15) is 0 Å². The molecule has 0 aliphatic carbocycles. The summed E-state index contributed by atoms with van der Waals surface area (Å²) < 4.78 is 5.48. The molecule has 0 unspecified atom stereocenters. The Kier molecular flexibility index (Phi) is 4.88. The molecule has 0 bridgehead atoms. The van der Waals surface area contributed by atoms with Crippen LogP contribution in [0.4, 0.5) is 5.69 Å². The number of hydrazine groups is 1. The average Bonchev–Trinajstić information content (AvgIpc) is 3.26. The molecule has 2 saturated heterocycles. The minimum absolute atomic E-state index is 0.672. The summed E-state index contributed by atoms with van der Waals surface area (Å²) in [6.07, 6.45) is 7.37. The first kappa shape index (κ1) is 16.1. The van der Waals surface area contributed by atoms with E-state index in [1.54, 1.807) is 0 Å². The molecule has 3 heterocycles. The predicted octanol–water partition coefficient (Wildman–Crippen LogP) is 3.23. The van der Waals surface area contributed by atoms with Crippen molar-refractivity contribution in [1.82, 2.24) is 9.91 Å². The molecule has 0 atom stereocenters. The third kappa shape index (κ3) is 3.51. The highest BCUT2D eigenvalue weighted by atomic mass is 16.5. The minimum atomic E-state index is 0.672. The molecule has 0 N–H and O–H groups in total. The van der Waals surface area contributed by atoms with Gasteiger partial charge < -0.3 is 4.74 Å². The van der Waals surface area contributed by atoms with Crippen LogP contribution in [0.5, 0.6) is 0 Å². The summed E-state index contributed by atoms with van der Waals surface area (Å²) in [5.41, 5.74) is 4.25. The van der Waals surface area contributed by atoms with E-state index in [4.69, 9.17) is 4.74 Å². The zero-order valence-corrected chi connectivity index (χ0v) is 14.8. The Morgan fingerprint density at radius 2 is 1.75 bits per heavy atom. The van der Waals surface area contributed by atoms with Crippen molar-refractivity contribution in [3.8, 4) is 0 Å². The van der Waals surface area contributed by atoms with E-state index in [-0.39, 0.29) is 0 Å². The van der Waals surface area contributed by atoms with Crippen molar-refractivity contribution >= 4 is 5.69 Å². The van der Waals surface area contributed by atoms with Crippen molar-refractivity contribution in [2.75, 3.05) is 51.4 Å². The number of rotatable bonds is 4. The molecule has 1 aromatic carbocycles. The average molecular weight is 327 g/mol. The molecule has 3 aliphatic rings. The lowest BCUT2D eigenvalue weighted by Gasteiger charge is -2.26. The Balaban J connectivity index is 1.43. The maximum absolute atomic E-state index is 5.48. The monoisotopic (exact) mass is 327 g/mol. The highest BCUT2D eigenvalue weighted by molar-refractivity contribution is 5.52. The molecule has 0 radical (unpaired) electrons. The Hall–Kier alpha value is -1.36. The van der Waals surface area contributed by atoms with Gasteiger partial charge in [0.1, 0.15) is 0 Å². The van der Waals surface area contributed by atoms with Gasteiger partial charge in [0.15, 0.2) is 0 Å². The van der Waals surface area contributed by atoms with Crippen LogP contribution in [-0.4, -0.2) is 56.3 Å². The minimum Gasteiger partial charge on any atom is -0.381 e. The Bertz CT molecular complexity index is 571. The Morgan fingerprint density at radius 1 is 1.04 bits per heavy atom. The van der Waals surface area contributed by atoms with Crippen molar-refractivity contribution in [1.29, 1.82) is 0 Å². The number of likely N-dealkylation sites (tertiary alicyclic amines) is 1. The predicted molar refractivity (Wildman–Crippen MR) is 98.1 cm³/mol. The topological polar surface area (TPSA) is 19.0 Å². The molecule has 1 aromatic rings. The summed E-state index contributed by atoms with van der Waals surface area (Å²) in [5, 5.41) is 4.62. The molecule has 4 heteroatoms. The van der Waals surface area contributed by atoms with E-state index in [1.807, 2.05) is 0 Å². The smallest absolute Gasteiger partial charge is 0.0573 e. The lowest BCUT2D eigenvalue weighted by molar-refractivity contribution is 0.0853. The summed E-state index contributed by atoms with van der Waals surface area (Å²) in [6, 6.07) is 9.17. The second-order valence-corrected chi connectivity index (χ2v) is 7.41. The Morgan fingerprint density at radius 3 is 2.46 bits per heavy atom. The summed E-state index contributed by atoms with van der Waals surface area (Å²) >= 11 is 0. The van der Waals surface area contributed by atoms with Gasteiger partial charge in [-0.25, -0.2) is 5.01 Å². The molecule has 24 heavy (non-hydrogen) atoms. The third-order valence-electron chi connectivity index (χ3n) is 5.58. The molecule has 4 nitrogen and oxygen atoms in total. The van der Waals surface area contributed by atoms with Gasteiger partial charge in [-0.15, -0.1) is 0 Å². The number of likely N-dealkylation sites (N-methyl/N-ethyl adjacent to an activating group) is 1. The summed E-state index contributed by atoms with van der Waals surface area (Å²) in [5.74, 6) is 0.672. The zero-order valence-electron chi connectivity index (χ0n) is 14.8. The molecule has 4 rings (SSSR count). The fraction of sp³-hybridized carbons (Fsp3) is 0.600. The van der Waals surface area contributed by atoms with Crippen molar-refractivity contribution in [2.24, 2.45) is 0 Å². The van der Waals surface area contributed by atoms with Gasteiger partial charge in [0, 0.05) is 39.6 Å². The highest BCUT2D eigenvalue weighted by Crippen LogP contribution is 2.30. The summed E-state index contributed by atoms with van der Waals surface area (Å²) in [4.78, 5) is 2.58. The van der Waals surface area contributed by atoms with Crippen LogP contribution >= 0.6 is 0 Å². The van der Waals surface area contributed by atoms with Crippen LogP contribution in [0.2, 0.25) is 0 Å². The normalized spacial score (nSPS) is 23.9. The van der Waals surface area contributed by atoms with E-state index < -0.39 is 0 Å². The molecular formula is C20H29N3O. The Labute approximate surface area is 145 Å². The van der Waals surface area contributed by atoms with Gasteiger partial charge in [-0.1, -0.05) is 12.1 Å². The molecule has 0 spiro atoms. The fourth-order valence-electron chi connectivity index (χ4n) is 4.20. The van der Waals surface area contributed by atoms with Crippen LogP contribution in [-0.2, 0) is 4.74 Å². The summed E-state index contributed by atoms with van der Waals surface area (Å²) in [6.45, 7) is 6.51.